The predicted molar refractivity (Wildman–Crippen MR) is 140 cm³/mol. The Morgan fingerprint density at radius 3 is 2.30 bits per heavy atom. The second-order valence-electron chi connectivity index (χ2n) is 9.68. The molecule has 198 valence electrons. The number of alkyl halides is 1. The number of carbonyl (C=O) groups is 3. The first kappa shape index (κ1) is 28.2. The van der Waals surface area contributed by atoms with Crippen molar-refractivity contribution in [2.24, 2.45) is 0 Å². The molecule has 0 spiro atoms. The number of nitrogens with one attached hydrogen (secondary N) is 1. The first-order valence-electron chi connectivity index (χ1n) is 11.5. The average molecular weight is 551 g/mol. The number of nitro groups is 1. The summed E-state index contributed by atoms with van der Waals surface area (Å²) in [5.41, 5.74) is -1.36. The maximum Gasteiger partial charge on any atom is 0.410 e. The number of halogens is 2. The second kappa shape index (κ2) is 11.4. The van der Waals surface area contributed by atoms with Crippen LogP contribution >= 0.6 is 23.2 Å². The molecule has 0 bridgehead atoms. The van der Waals surface area contributed by atoms with E-state index >= 15 is 0 Å². The Morgan fingerprint density at radius 1 is 1.14 bits per heavy atom. The minimum Gasteiger partial charge on any atom is -0.444 e. The third kappa shape index (κ3) is 6.90. The predicted octanol–water partition coefficient (Wildman–Crippen LogP) is 4.83. The van der Waals surface area contributed by atoms with E-state index in [0.717, 1.165) is 0 Å². The molecular weight excluding hydrogens is 523 g/mol. The summed E-state index contributed by atoms with van der Waals surface area (Å²) in [5, 5.41) is 14.3. The van der Waals surface area contributed by atoms with Gasteiger partial charge in [-0.1, -0.05) is 23.7 Å². The first-order chi connectivity index (χ1) is 17.3. The molecule has 1 aliphatic heterocycles. The third-order valence-corrected chi connectivity index (χ3v) is 6.32. The van der Waals surface area contributed by atoms with Crippen molar-refractivity contribution < 1.29 is 24.0 Å². The monoisotopic (exact) mass is 550 g/mol. The van der Waals surface area contributed by atoms with Crippen LogP contribution < -0.4 is 5.32 Å². The summed E-state index contributed by atoms with van der Waals surface area (Å²) in [6, 6.07) is 12.1. The van der Waals surface area contributed by atoms with E-state index in [2.05, 4.69) is 5.32 Å². The van der Waals surface area contributed by atoms with Crippen molar-refractivity contribution >= 4 is 52.5 Å². The van der Waals surface area contributed by atoms with E-state index in [0.29, 0.717) is 16.3 Å². The zero-order chi connectivity index (χ0) is 27.4. The van der Waals surface area contributed by atoms with E-state index < -0.39 is 34.0 Å². The molecule has 3 amide bonds. The highest BCUT2D eigenvalue weighted by Gasteiger charge is 2.52. The number of hydrogen-bond donors (Lipinski definition) is 1. The Balaban J connectivity index is 1.98. The Labute approximate surface area is 224 Å². The van der Waals surface area contributed by atoms with Gasteiger partial charge in [0.25, 0.3) is 11.6 Å². The molecule has 2 aromatic carbocycles. The van der Waals surface area contributed by atoms with E-state index in [1.165, 1.54) is 34.1 Å². The van der Waals surface area contributed by atoms with E-state index in [1.807, 2.05) is 0 Å². The molecule has 3 rings (SSSR count). The number of hydrogen-bond acceptors (Lipinski definition) is 6. The SMILES string of the molecule is CC(C)(C)OC(=O)N1CCC(C(=O)Nc2ccc([N+](=O)[O-])cc2)(N(Cc2ccc(Cl)cc2)C(=O)CCl)C1. The number of amides is 3. The topological polar surface area (TPSA) is 122 Å². The number of ether oxygens (including phenoxy) is 1. The summed E-state index contributed by atoms with van der Waals surface area (Å²) in [4.78, 5) is 53.0. The van der Waals surface area contributed by atoms with Crippen molar-refractivity contribution in [1.82, 2.24) is 9.80 Å². The Kier molecular flexibility index (Phi) is 8.65. The molecule has 0 aliphatic carbocycles. The molecule has 0 saturated carbocycles. The van der Waals surface area contributed by atoms with Crippen LogP contribution in [0.5, 0.6) is 0 Å². The summed E-state index contributed by atoms with van der Waals surface area (Å²) in [5.74, 6) is -1.44. The molecule has 0 aromatic heterocycles. The number of rotatable bonds is 7. The average Bonchev–Trinajstić information content (AvgIpc) is 3.29. The van der Waals surface area contributed by atoms with Crippen LogP contribution in [0.1, 0.15) is 32.8 Å². The van der Waals surface area contributed by atoms with Crippen molar-refractivity contribution in [2.45, 2.75) is 44.9 Å². The lowest BCUT2D eigenvalue weighted by Gasteiger charge is -2.40. The number of carbonyl (C=O) groups excluding carboxylic acids is 3. The lowest BCUT2D eigenvalue weighted by molar-refractivity contribution is -0.384. The van der Waals surface area contributed by atoms with Gasteiger partial charge in [-0.15, -0.1) is 11.6 Å². The van der Waals surface area contributed by atoms with Crippen molar-refractivity contribution in [2.75, 3.05) is 24.3 Å². The minimum absolute atomic E-state index is 0.0402. The molecule has 1 heterocycles. The van der Waals surface area contributed by atoms with E-state index in [4.69, 9.17) is 27.9 Å². The van der Waals surface area contributed by atoms with E-state index in [-0.39, 0.29) is 37.6 Å². The fraction of sp³-hybridized carbons (Fsp3) is 0.400. The Morgan fingerprint density at radius 2 is 1.76 bits per heavy atom. The number of benzene rings is 2. The highest BCUT2D eigenvalue weighted by Crippen LogP contribution is 2.33. The number of anilines is 1. The lowest BCUT2D eigenvalue weighted by atomic mass is 9.93. The van der Waals surface area contributed by atoms with Gasteiger partial charge in [0.2, 0.25) is 5.91 Å². The summed E-state index contributed by atoms with van der Waals surface area (Å²) in [6.45, 7) is 5.28. The Bertz CT molecular complexity index is 1170. The molecule has 1 fully saturated rings. The van der Waals surface area contributed by atoms with Crippen LogP contribution in [-0.2, 0) is 20.9 Å². The lowest BCUT2D eigenvalue weighted by Crippen LogP contribution is -2.61. The number of nitrogens with zero attached hydrogens (tertiary/aromatic N) is 3. The summed E-state index contributed by atoms with van der Waals surface area (Å²) >= 11 is 12.0. The second-order valence-corrected chi connectivity index (χ2v) is 10.4. The molecule has 12 heteroatoms. The van der Waals surface area contributed by atoms with Crippen LogP contribution in [0.4, 0.5) is 16.2 Å². The molecule has 1 atom stereocenters. The smallest absolute Gasteiger partial charge is 0.410 e. The van der Waals surface area contributed by atoms with Gasteiger partial charge in [-0.25, -0.2) is 4.79 Å². The van der Waals surface area contributed by atoms with Crippen LogP contribution in [0, 0.1) is 10.1 Å². The highest BCUT2D eigenvalue weighted by molar-refractivity contribution is 6.30. The molecule has 1 unspecified atom stereocenters. The largest absolute Gasteiger partial charge is 0.444 e. The zero-order valence-corrected chi connectivity index (χ0v) is 22.2. The number of likely N-dealkylation sites (tertiary alicyclic amines) is 1. The number of non-ortho nitro benzene ring substituents is 1. The normalized spacial score (nSPS) is 17.3. The van der Waals surface area contributed by atoms with Gasteiger partial charge < -0.3 is 19.9 Å². The first-order valence-corrected chi connectivity index (χ1v) is 12.4. The van der Waals surface area contributed by atoms with Crippen LogP contribution in [0.2, 0.25) is 5.02 Å². The van der Waals surface area contributed by atoms with Gasteiger partial charge in [0.1, 0.15) is 17.0 Å². The summed E-state index contributed by atoms with van der Waals surface area (Å²) < 4.78 is 5.49. The van der Waals surface area contributed by atoms with Gasteiger partial charge in [0.15, 0.2) is 0 Å². The molecule has 10 nitrogen and oxygen atoms in total. The molecule has 1 N–H and O–H groups in total. The Hall–Kier alpha value is -3.37. The van der Waals surface area contributed by atoms with Gasteiger partial charge in [-0.2, -0.15) is 0 Å². The van der Waals surface area contributed by atoms with Crippen LogP contribution in [0.3, 0.4) is 0 Å². The number of nitro benzene ring substituents is 1. The molecular formula is C25H28Cl2N4O6. The van der Waals surface area contributed by atoms with E-state index in [1.54, 1.807) is 45.0 Å². The fourth-order valence-electron chi connectivity index (χ4n) is 4.04. The molecule has 1 saturated heterocycles. The van der Waals surface area contributed by atoms with Gasteiger partial charge in [-0.3, -0.25) is 19.7 Å². The van der Waals surface area contributed by atoms with Crippen molar-refractivity contribution in [3.8, 4) is 0 Å². The van der Waals surface area contributed by atoms with Gasteiger partial charge in [-0.05, 0) is 57.0 Å². The van der Waals surface area contributed by atoms with Crippen molar-refractivity contribution in [1.29, 1.82) is 0 Å². The zero-order valence-electron chi connectivity index (χ0n) is 20.7. The van der Waals surface area contributed by atoms with Crippen molar-refractivity contribution in [3.05, 3.63) is 69.2 Å². The van der Waals surface area contributed by atoms with Crippen molar-refractivity contribution in [3.63, 3.8) is 0 Å². The fourth-order valence-corrected chi connectivity index (χ4v) is 4.31. The highest BCUT2D eigenvalue weighted by atomic mass is 35.5. The molecule has 37 heavy (non-hydrogen) atoms. The summed E-state index contributed by atoms with van der Waals surface area (Å²) in [6.07, 6.45) is -0.483. The van der Waals surface area contributed by atoms with Gasteiger partial charge in [0, 0.05) is 35.9 Å². The maximum absolute atomic E-state index is 13.8. The minimum atomic E-state index is -1.48. The van der Waals surface area contributed by atoms with Crippen LogP contribution in [0.15, 0.2) is 48.5 Å². The van der Waals surface area contributed by atoms with E-state index in [9.17, 15) is 24.5 Å². The standard InChI is InChI=1S/C25H28Cl2N4O6/c1-24(2,3)37-23(34)29-13-12-25(16-29,22(33)28-19-8-10-20(11-9-19)31(35)36)30(21(32)14-26)15-17-4-6-18(27)7-5-17/h4-11H,12-16H2,1-3H3,(H,28,33). The third-order valence-electron chi connectivity index (χ3n) is 5.84. The molecule has 2 aromatic rings. The van der Waals surface area contributed by atoms with Crippen LogP contribution in [-0.4, -0.2) is 62.7 Å². The van der Waals surface area contributed by atoms with Gasteiger partial charge >= 0.3 is 6.09 Å². The van der Waals surface area contributed by atoms with Crippen LogP contribution in [0.25, 0.3) is 0 Å². The quantitative estimate of drug-likeness (QED) is 0.299. The molecule has 0 radical (unpaired) electrons. The summed E-state index contributed by atoms with van der Waals surface area (Å²) in [7, 11) is 0. The molecule has 1 aliphatic rings. The maximum atomic E-state index is 13.8. The van der Waals surface area contributed by atoms with Gasteiger partial charge in [0.05, 0.1) is 11.5 Å².